The minimum absolute atomic E-state index is 0.502. The summed E-state index contributed by atoms with van der Waals surface area (Å²) < 4.78 is 0. The molecule has 1 aromatic rings. The molecular formula is C16H26N2. The van der Waals surface area contributed by atoms with Crippen LogP contribution >= 0.6 is 0 Å². The molecule has 1 aliphatic carbocycles. The van der Waals surface area contributed by atoms with Crippen LogP contribution in [-0.4, -0.2) is 11.5 Å². The van der Waals surface area contributed by atoms with Crippen molar-refractivity contribution in [2.45, 2.75) is 58.4 Å². The Morgan fingerprint density at radius 2 is 2.17 bits per heavy atom. The number of pyridine rings is 1. The van der Waals surface area contributed by atoms with Gasteiger partial charge in [-0.1, -0.05) is 32.6 Å². The van der Waals surface area contributed by atoms with E-state index in [4.69, 9.17) is 0 Å². The Hall–Kier alpha value is -0.890. The molecule has 18 heavy (non-hydrogen) atoms. The molecule has 1 aliphatic rings. The van der Waals surface area contributed by atoms with E-state index in [1.807, 2.05) is 6.20 Å². The Kier molecular flexibility index (Phi) is 5.18. The summed E-state index contributed by atoms with van der Waals surface area (Å²) in [5, 5.41) is 3.71. The third-order valence-electron chi connectivity index (χ3n) is 4.14. The summed E-state index contributed by atoms with van der Waals surface area (Å²) in [6, 6.07) is 2.63. The summed E-state index contributed by atoms with van der Waals surface area (Å²) in [6.07, 6.45) is 12.1. The van der Waals surface area contributed by atoms with Crippen molar-refractivity contribution in [2.75, 3.05) is 6.54 Å². The molecule has 2 nitrogen and oxygen atoms in total. The predicted molar refractivity (Wildman–Crippen MR) is 76.6 cm³/mol. The first-order valence-corrected chi connectivity index (χ1v) is 7.45. The van der Waals surface area contributed by atoms with Gasteiger partial charge in [-0.15, -0.1) is 0 Å². The van der Waals surface area contributed by atoms with Gasteiger partial charge in [-0.2, -0.15) is 0 Å². The standard InChI is InChI=1S/C16H26N2/c1-3-9-18-16(11-14-6-4-5-7-14)15-12-17-10-8-13(15)2/h8,10,12,14,16,18H,3-7,9,11H2,1-2H3. The van der Waals surface area contributed by atoms with Gasteiger partial charge in [0, 0.05) is 18.4 Å². The van der Waals surface area contributed by atoms with E-state index in [-0.39, 0.29) is 0 Å². The maximum atomic E-state index is 4.31. The quantitative estimate of drug-likeness (QED) is 0.820. The van der Waals surface area contributed by atoms with Crippen LogP contribution < -0.4 is 5.32 Å². The molecule has 1 aromatic heterocycles. The monoisotopic (exact) mass is 246 g/mol. The number of aryl methyl sites for hydroxylation is 1. The lowest BCUT2D eigenvalue weighted by molar-refractivity contribution is 0.393. The van der Waals surface area contributed by atoms with Gasteiger partial charge in [0.15, 0.2) is 0 Å². The summed E-state index contributed by atoms with van der Waals surface area (Å²) in [4.78, 5) is 4.31. The van der Waals surface area contributed by atoms with Crippen molar-refractivity contribution in [3.63, 3.8) is 0 Å². The van der Waals surface area contributed by atoms with Gasteiger partial charge in [-0.3, -0.25) is 4.98 Å². The van der Waals surface area contributed by atoms with Crippen LogP contribution in [0.5, 0.6) is 0 Å². The van der Waals surface area contributed by atoms with Crippen LogP contribution in [0.3, 0.4) is 0 Å². The minimum atomic E-state index is 0.502. The van der Waals surface area contributed by atoms with E-state index < -0.39 is 0 Å². The molecule has 1 unspecified atom stereocenters. The first-order valence-electron chi connectivity index (χ1n) is 7.45. The number of nitrogens with one attached hydrogen (secondary N) is 1. The Labute approximate surface area is 111 Å². The number of rotatable bonds is 6. The Morgan fingerprint density at radius 3 is 2.83 bits per heavy atom. The zero-order valence-electron chi connectivity index (χ0n) is 11.8. The molecule has 0 spiro atoms. The summed E-state index contributed by atoms with van der Waals surface area (Å²) in [5.41, 5.74) is 2.77. The van der Waals surface area contributed by atoms with Crippen molar-refractivity contribution in [2.24, 2.45) is 5.92 Å². The summed E-state index contributed by atoms with van der Waals surface area (Å²) >= 11 is 0. The van der Waals surface area contributed by atoms with Crippen molar-refractivity contribution in [3.05, 3.63) is 29.6 Å². The molecule has 0 radical (unpaired) electrons. The normalized spacial score (nSPS) is 18.1. The van der Waals surface area contributed by atoms with Gasteiger partial charge in [0.1, 0.15) is 0 Å². The van der Waals surface area contributed by atoms with Crippen LogP contribution in [0, 0.1) is 12.8 Å². The molecule has 0 amide bonds. The second-order valence-electron chi connectivity index (χ2n) is 5.63. The first-order chi connectivity index (χ1) is 8.81. The predicted octanol–water partition coefficient (Wildman–Crippen LogP) is 4.01. The van der Waals surface area contributed by atoms with Crippen LogP contribution in [0.25, 0.3) is 0 Å². The lowest BCUT2D eigenvalue weighted by atomic mass is 9.92. The van der Waals surface area contributed by atoms with Crippen LogP contribution in [0.4, 0.5) is 0 Å². The highest BCUT2D eigenvalue weighted by Crippen LogP contribution is 2.33. The van der Waals surface area contributed by atoms with E-state index in [0.717, 1.165) is 12.5 Å². The molecule has 0 aliphatic heterocycles. The van der Waals surface area contributed by atoms with E-state index >= 15 is 0 Å². The topological polar surface area (TPSA) is 24.9 Å². The fourth-order valence-electron chi connectivity index (χ4n) is 3.06. The number of hydrogen-bond donors (Lipinski definition) is 1. The van der Waals surface area contributed by atoms with Gasteiger partial charge in [0.05, 0.1) is 0 Å². The van der Waals surface area contributed by atoms with E-state index in [9.17, 15) is 0 Å². The van der Waals surface area contributed by atoms with Gasteiger partial charge in [-0.25, -0.2) is 0 Å². The second-order valence-corrected chi connectivity index (χ2v) is 5.63. The zero-order chi connectivity index (χ0) is 12.8. The Bertz CT molecular complexity index is 356. The Morgan fingerprint density at radius 1 is 1.39 bits per heavy atom. The molecule has 0 bridgehead atoms. The molecule has 1 atom stereocenters. The third kappa shape index (κ3) is 3.55. The fraction of sp³-hybridized carbons (Fsp3) is 0.688. The summed E-state index contributed by atoms with van der Waals surface area (Å²) in [6.45, 7) is 5.54. The number of hydrogen-bond acceptors (Lipinski definition) is 2. The maximum absolute atomic E-state index is 4.31. The van der Waals surface area contributed by atoms with Crippen LogP contribution in [0.15, 0.2) is 18.5 Å². The van der Waals surface area contributed by atoms with E-state index in [0.29, 0.717) is 6.04 Å². The van der Waals surface area contributed by atoms with Gasteiger partial charge in [0.25, 0.3) is 0 Å². The lowest BCUT2D eigenvalue weighted by Gasteiger charge is -2.23. The smallest absolute Gasteiger partial charge is 0.0340 e. The second kappa shape index (κ2) is 6.89. The van der Waals surface area contributed by atoms with Crippen molar-refractivity contribution in [3.8, 4) is 0 Å². The molecule has 2 rings (SSSR count). The van der Waals surface area contributed by atoms with Crippen LogP contribution in [0.2, 0.25) is 0 Å². The largest absolute Gasteiger partial charge is 0.310 e. The van der Waals surface area contributed by atoms with Crippen LogP contribution in [-0.2, 0) is 0 Å². The maximum Gasteiger partial charge on any atom is 0.0340 e. The van der Waals surface area contributed by atoms with E-state index in [1.165, 1.54) is 49.7 Å². The highest BCUT2D eigenvalue weighted by Gasteiger charge is 2.21. The number of aromatic nitrogens is 1. The molecule has 1 N–H and O–H groups in total. The molecule has 0 aromatic carbocycles. The van der Waals surface area contributed by atoms with Gasteiger partial charge >= 0.3 is 0 Å². The third-order valence-corrected chi connectivity index (χ3v) is 4.14. The molecule has 1 fully saturated rings. The molecule has 100 valence electrons. The fourth-order valence-corrected chi connectivity index (χ4v) is 3.06. The SMILES string of the molecule is CCCNC(CC1CCCC1)c1cnccc1C. The molecular weight excluding hydrogens is 220 g/mol. The van der Waals surface area contributed by atoms with Crippen molar-refractivity contribution >= 4 is 0 Å². The van der Waals surface area contributed by atoms with Gasteiger partial charge in [-0.05, 0) is 49.4 Å². The first kappa shape index (κ1) is 13.5. The summed E-state index contributed by atoms with van der Waals surface area (Å²) in [5.74, 6) is 0.916. The molecule has 2 heteroatoms. The van der Waals surface area contributed by atoms with Crippen molar-refractivity contribution in [1.82, 2.24) is 10.3 Å². The van der Waals surface area contributed by atoms with E-state index in [1.54, 1.807) is 0 Å². The van der Waals surface area contributed by atoms with Gasteiger partial charge < -0.3 is 5.32 Å². The molecule has 1 heterocycles. The highest BCUT2D eigenvalue weighted by atomic mass is 14.9. The lowest BCUT2D eigenvalue weighted by Crippen LogP contribution is -2.25. The summed E-state index contributed by atoms with van der Waals surface area (Å²) in [7, 11) is 0. The molecule has 1 saturated carbocycles. The van der Waals surface area contributed by atoms with E-state index in [2.05, 4.69) is 36.4 Å². The molecule has 0 saturated heterocycles. The van der Waals surface area contributed by atoms with Crippen molar-refractivity contribution < 1.29 is 0 Å². The average molecular weight is 246 g/mol. The highest BCUT2D eigenvalue weighted by molar-refractivity contribution is 5.25. The van der Waals surface area contributed by atoms with Crippen molar-refractivity contribution in [1.29, 1.82) is 0 Å². The minimum Gasteiger partial charge on any atom is -0.310 e. The van der Waals surface area contributed by atoms with Gasteiger partial charge in [0.2, 0.25) is 0 Å². The Balaban J connectivity index is 2.06. The number of nitrogens with zero attached hydrogens (tertiary/aromatic N) is 1. The van der Waals surface area contributed by atoms with Crippen LogP contribution in [0.1, 0.15) is 62.6 Å². The average Bonchev–Trinajstić information content (AvgIpc) is 2.88. The zero-order valence-corrected chi connectivity index (χ0v) is 11.8.